The van der Waals surface area contributed by atoms with Crippen LogP contribution in [0.4, 0.5) is 0 Å². The molecule has 0 spiro atoms. The zero-order chi connectivity index (χ0) is 11.3. The van der Waals surface area contributed by atoms with E-state index in [1.807, 2.05) is 30.3 Å². The Morgan fingerprint density at radius 2 is 1.93 bits per heavy atom. The van der Waals surface area contributed by atoms with E-state index in [-0.39, 0.29) is 18.4 Å². The summed E-state index contributed by atoms with van der Waals surface area (Å²) in [5.74, 6) is -1.64. The summed E-state index contributed by atoms with van der Waals surface area (Å²) in [5, 5.41) is 10.7. The molecule has 0 saturated heterocycles. The molecule has 0 bridgehead atoms. The Labute approximate surface area is 87.9 Å². The number of nitrogens with one attached hydrogen (secondary N) is 1. The van der Waals surface area contributed by atoms with Crippen LogP contribution >= 0.6 is 0 Å². The van der Waals surface area contributed by atoms with Crippen LogP contribution in [0.25, 0.3) is 0 Å². The van der Waals surface area contributed by atoms with Crippen LogP contribution in [0, 0.1) is 0 Å². The Morgan fingerprint density at radius 3 is 2.47 bits per heavy atom. The predicted octanol–water partition coefficient (Wildman–Crippen LogP) is 0.991. The lowest BCUT2D eigenvalue weighted by molar-refractivity contribution is -0.138. The standard InChI is InChI=1S/C11H13NO3/c1-8(9-5-3-2-4-6-9)11(15)12-7-10(13)14/h2-6,8H,7H2,1H3,(H,12,15)(H,13,14). The minimum Gasteiger partial charge on any atom is -0.480 e. The van der Waals surface area contributed by atoms with Crippen LogP contribution < -0.4 is 5.32 Å². The molecule has 4 heteroatoms. The molecule has 1 amide bonds. The molecular formula is C11H13NO3. The molecule has 1 aromatic rings. The van der Waals surface area contributed by atoms with Crippen molar-refractivity contribution in [3.05, 3.63) is 35.9 Å². The van der Waals surface area contributed by atoms with Crippen molar-refractivity contribution in [3.8, 4) is 0 Å². The van der Waals surface area contributed by atoms with Gasteiger partial charge in [0, 0.05) is 0 Å². The molecule has 0 aliphatic carbocycles. The van der Waals surface area contributed by atoms with Gasteiger partial charge in [-0.2, -0.15) is 0 Å². The molecule has 0 aliphatic rings. The van der Waals surface area contributed by atoms with Gasteiger partial charge in [0.15, 0.2) is 0 Å². The van der Waals surface area contributed by atoms with E-state index in [4.69, 9.17) is 5.11 Å². The Bertz CT molecular complexity index is 348. The van der Waals surface area contributed by atoms with Gasteiger partial charge in [-0.1, -0.05) is 30.3 Å². The number of aliphatic carboxylic acids is 1. The molecule has 15 heavy (non-hydrogen) atoms. The summed E-state index contributed by atoms with van der Waals surface area (Å²) < 4.78 is 0. The number of carboxylic acids is 1. The van der Waals surface area contributed by atoms with Gasteiger partial charge in [0.25, 0.3) is 0 Å². The Hall–Kier alpha value is -1.84. The van der Waals surface area contributed by atoms with Crippen LogP contribution in [-0.2, 0) is 9.59 Å². The van der Waals surface area contributed by atoms with E-state index in [9.17, 15) is 9.59 Å². The monoisotopic (exact) mass is 207 g/mol. The van der Waals surface area contributed by atoms with Gasteiger partial charge in [0.05, 0.1) is 5.92 Å². The van der Waals surface area contributed by atoms with E-state index in [1.165, 1.54) is 0 Å². The first-order chi connectivity index (χ1) is 7.11. The van der Waals surface area contributed by atoms with E-state index in [0.29, 0.717) is 0 Å². The summed E-state index contributed by atoms with van der Waals surface area (Å²) >= 11 is 0. The number of benzene rings is 1. The highest BCUT2D eigenvalue weighted by atomic mass is 16.4. The van der Waals surface area contributed by atoms with Crippen molar-refractivity contribution >= 4 is 11.9 Å². The summed E-state index contributed by atoms with van der Waals surface area (Å²) in [6.45, 7) is 1.41. The minimum absolute atomic E-state index is 0.274. The highest BCUT2D eigenvalue weighted by Gasteiger charge is 2.14. The third-order valence-electron chi connectivity index (χ3n) is 2.11. The topological polar surface area (TPSA) is 66.4 Å². The number of hydrogen-bond acceptors (Lipinski definition) is 2. The van der Waals surface area contributed by atoms with Gasteiger partial charge in [-0.3, -0.25) is 9.59 Å². The molecule has 80 valence electrons. The predicted molar refractivity (Wildman–Crippen MR) is 55.5 cm³/mol. The average Bonchev–Trinajstić information content (AvgIpc) is 2.26. The van der Waals surface area contributed by atoms with E-state index in [2.05, 4.69) is 5.32 Å². The lowest BCUT2D eigenvalue weighted by atomic mass is 10.0. The lowest BCUT2D eigenvalue weighted by Crippen LogP contribution is -2.32. The Kier molecular flexibility index (Phi) is 3.85. The summed E-state index contributed by atoms with van der Waals surface area (Å²) in [6, 6.07) is 9.23. The van der Waals surface area contributed by atoms with Gasteiger partial charge in [-0.15, -0.1) is 0 Å². The van der Waals surface area contributed by atoms with E-state index in [0.717, 1.165) is 5.56 Å². The SMILES string of the molecule is CC(C(=O)NCC(=O)O)c1ccccc1. The first-order valence-corrected chi connectivity index (χ1v) is 4.65. The normalized spacial score (nSPS) is 11.8. The van der Waals surface area contributed by atoms with Gasteiger partial charge < -0.3 is 10.4 Å². The van der Waals surface area contributed by atoms with Crippen molar-refractivity contribution < 1.29 is 14.7 Å². The Balaban J connectivity index is 2.57. The first-order valence-electron chi connectivity index (χ1n) is 4.65. The Morgan fingerprint density at radius 1 is 1.33 bits per heavy atom. The van der Waals surface area contributed by atoms with Crippen molar-refractivity contribution in [2.24, 2.45) is 0 Å². The minimum atomic E-state index is -1.04. The molecule has 4 nitrogen and oxygen atoms in total. The van der Waals surface area contributed by atoms with Crippen LogP contribution in [-0.4, -0.2) is 23.5 Å². The van der Waals surface area contributed by atoms with E-state index in [1.54, 1.807) is 6.92 Å². The van der Waals surface area contributed by atoms with Gasteiger partial charge >= 0.3 is 5.97 Å². The molecule has 1 aromatic carbocycles. The fourth-order valence-electron chi connectivity index (χ4n) is 1.21. The van der Waals surface area contributed by atoms with E-state index < -0.39 is 5.97 Å². The van der Waals surface area contributed by atoms with Gasteiger partial charge in [0.1, 0.15) is 6.54 Å². The first kappa shape index (κ1) is 11.2. The van der Waals surface area contributed by atoms with Crippen LogP contribution in [0.5, 0.6) is 0 Å². The molecule has 0 aliphatic heterocycles. The van der Waals surface area contributed by atoms with Crippen molar-refractivity contribution in [1.82, 2.24) is 5.32 Å². The number of carbonyl (C=O) groups is 2. The quantitative estimate of drug-likeness (QED) is 0.773. The van der Waals surface area contributed by atoms with Crippen molar-refractivity contribution in [3.63, 3.8) is 0 Å². The molecule has 0 heterocycles. The van der Waals surface area contributed by atoms with Crippen LogP contribution in [0.15, 0.2) is 30.3 Å². The molecule has 2 N–H and O–H groups in total. The number of amides is 1. The highest BCUT2D eigenvalue weighted by molar-refractivity contribution is 5.86. The maximum atomic E-state index is 11.5. The smallest absolute Gasteiger partial charge is 0.322 e. The number of carbonyl (C=O) groups excluding carboxylic acids is 1. The molecule has 1 atom stereocenters. The zero-order valence-electron chi connectivity index (χ0n) is 8.43. The lowest BCUT2D eigenvalue weighted by Gasteiger charge is -2.10. The summed E-state index contributed by atoms with van der Waals surface area (Å²) in [6.07, 6.45) is 0. The maximum absolute atomic E-state index is 11.5. The van der Waals surface area contributed by atoms with Crippen LogP contribution in [0.1, 0.15) is 18.4 Å². The molecule has 0 radical (unpaired) electrons. The van der Waals surface area contributed by atoms with Crippen LogP contribution in [0.3, 0.4) is 0 Å². The highest BCUT2D eigenvalue weighted by Crippen LogP contribution is 2.13. The second kappa shape index (κ2) is 5.14. The number of carboxylic acid groups (broad SMARTS) is 1. The average molecular weight is 207 g/mol. The molecule has 1 rings (SSSR count). The van der Waals surface area contributed by atoms with Gasteiger partial charge in [-0.25, -0.2) is 0 Å². The summed E-state index contributed by atoms with van der Waals surface area (Å²) in [4.78, 5) is 21.7. The fraction of sp³-hybridized carbons (Fsp3) is 0.273. The third kappa shape index (κ3) is 3.42. The molecule has 0 aromatic heterocycles. The van der Waals surface area contributed by atoms with Crippen molar-refractivity contribution in [1.29, 1.82) is 0 Å². The number of rotatable bonds is 4. The third-order valence-corrected chi connectivity index (χ3v) is 2.11. The second-order valence-corrected chi connectivity index (χ2v) is 3.24. The zero-order valence-corrected chi connectivity index (χ0v) is 8.43. The molecular weight excluding hydrogens is 194 g/mol. The number of hydrogen-bond donors (Lipinski definition) is 2. The second-order valence-electron chi connectivity index (χ2n) is 3.24. The van der Waals surface area contributed by atoms with Crippen molar-refractivity contribution in [2.75, 3.05) is 6.54 Å². The van der Waals surface area contributed by atoms with Gasteiger partial charge in [0.2, 0.25) is 5.91 Å². The van der Waals surface area contributed by atoms with Crippen molar-refractivity contribution in [2.45, 2.75) is 12.8 Å². The molecule has 0 saturated carbocycles. The van der Waals surface area contributed by atoms with Crippen LogP contribution in [0.2, 0.25) is 0 Å². The van der Waals surface area contributed by atoms with Gasteiger partial charge in [-0.05, 0) is 12.5 Å². The van der Waals surface area contributed by atoms with E-state index >= 15 is 0 Å². The summed E-state index contributed by atoms with van der Waals surface area (Å²) in [7, 11) is 0. The maximum Gasteiger partial charge on any atom is 0.322 e. The summed E-state index contributed by atoms with van der Waals surface area (Å²) in [5.41, 5.74) is 0.875. The largest absolute Gasteiger partial charge is 0.480 e. The fourth-order valence-corrected chi connectivity index (χ4v) is 1.21. The molecule has 0 fully saturated rings. The molecule has 1 unspecified atom stereocenters.